The molecule has 11 heteroatoms. The van der Waals surface area contributed by atoms with Gasteiger partial charge in [0.15, 0.2) is 0 Å². The number of anilines is 1. The molecule has 7 nitrogen and oxygen atoms in total. The third-order valence-electron chi connectivity index (χ3n) is 4.92. The van der Waals surface area contributed by atoms with E-state index in [4.69, 9.17) is 34.8 Å². The van der Waals surface area contributed by atoms with E-state index in [1.165, 1.54) is 24.9 Å². The van der Waals surface area contributed by atoms with Crippen LogP contribution < -0.4 is 9.62 Å². The number of sulfonamides is 1. The van der Waals surface area contributed by atoms with Crippen molar-refractivity contribution in [2.24, 2.45) is 0 Å². The van der Waals surface area contributed by atoms with Crippen molar-refractivity contribution in [2.75, 3.05) is 24.2 Å². The molecule has 2 amide bonds. The van der Waals surface area contributed by atoms with Gasteiger partial charge in [-0.1, -0.05) is 46.9 Å². The van der Waals surface area contributed by atoms with E-state index in [-0.39, 0.29) is 12.2 Å². The predicted octanol–water partition coefficient (Wildman–Crippen LogP) is 3.88. The summed E-state index contributed by atoms with van der Waals surface area (Å²) < 4.78 is 26.1. The Morgan fingerprint density at radius 1 is 1.09 bits per heavy atom. The second-order valence-electron chi connectivity index (χ2n) is 7.21. The lowest BCUT2D eigenvalue weighted by Crippen LogP contribution is -2.50. The highest BCUT2D eigenvalue weighted by atomic mass is 35.5. The van der Waals surface area contributed by atoms with Crippen LogP contribution in [-0.2, 0) is 26.2 Å². The zero-order chi connectivity index (χ0) is 24.2. The zero-order valence-corrected chi connectivity index (χ0v) is 21.1. The summed E-state index contributed by atoms with van der Waals surface area (Å²) in [6.45, 7) is 2.63. The van der Waals surface area contributed by atoms with Crippen LogP contribution in [0.4, 0.5) is 5.69 Å². The van der Waals surface area contributed by atoms with Gasteiger partial charge in [0.1, 0.15) is 12.6 Å². The van der Waals surface area contributed by atoms with Gasteiger partial charge < -0.3 is 10.2 Å². The van der Waals surface area contributed by atoms with Gasteiger partial charge in [0.05, 0.1) is 11.9 Å². The number of halogens is 3. The average molecular weight is 521 g/mol. The predicted molar refractivity (Wildman–Crippen MR) is 129 cm³/mol. The molecular formula is C21H24Cl3N3O4S. The number of hydrogen-bond acceptors (Lipinski definition) is 4. The number of rotatable bonds is 8. The molecule has 2 rings (SSSR count). The lowest BCUT2D eigenvalue weighted by atomic mass is 10.1. The third kappa shape index (κ3) is 6.28. The number of hydrogen-bond donors (Lipinski definition) is 1. The van der Waals surface area contributed by atoms with Crippen LogP contribution >= 0.6 is 34.8 Å². The lowest BCUT2D eigenvalue weighted by Gasteiger charge is -2.32. The fraction of sp³-hybridized carbons (Fsp3) is 0.333. The van der Waals surface area contributed by atoms with Gasteiger partial charge in [0.25, 0.3) is 0 Å². The first-order valence-corrected chi connectivity index (χ1v) is 12.5. The zero-order valence-electron chi connectivity index (χ0n) is 18.0. The average Bonchev–Trinajstić information content (AvgIpc) is 2.71. The van der Waals surface area contributed by atoms with E-state index in [1.54, 1.807) is 37.3 Å². The van der Waals surface area contributed by atoms with Crippen LogP contribution in [0.15, 0.2) is 36.4 Å². The van der Waals surface area contributed by atoms with E-state index in [1.807, 2.05) is 0 Å². The monoisotopic (exact) mass is 519 g/mol. The smallest absolute Gasteiger partial charge is 0.244 e. The quantitative estimate of drug-likeness (QED) is 0.572. The Hall–Kier alpha value is -2.00. The molecule has 174 valence electrons. The minimum absolute atomic E-state index is 0.0853. The summed E-state index contributed by atoms with van der Waals surface area (Å²) in [5, 5.41) is 3.47. The van der Waals surface area contributed by atoms with Crippen LogP contribution in [0.3, 0.4) is 0 Å². The van der Waals surface area contributed by atoms with Crippen LogP contribution in [0.1, 0.15) is 18.1 Å². The molecule has 1 unspecified atom stereocenters. The number of nitrogens with one attached hydrogen (secondary N) is 1. The number of carbonyl (C=O) groups is 2. The highest BCUT2D eigenvalue weighted by molar-refractivity contribution is 7.92. The molecular weight excluding hydrogens is 497 g/mol. The molecule has 0 aliphatic heterocycles. The summed E-state index contributed by atoms with van der Waals surface area (Å²) >= 11 is 18.6. The fourth-order valence-corrected chi connectivity index (χ4v) is 4.67. The molecule has 0 radical (unpaired) electrons. The number of amides is 2. The van der Waals surface area contributed by atoms with Gasteiger partial charge in [-0.3, -0.25) is 13.9 Å². The topological polar surface area (TPSA) is 86.8 Å². The van der Waals surface area contributed by atoms with Crippen LogP contribution in [-0.4, -0.2) is 51.0 Å². The minimum atomic E-state index is -3.85. The molecule has 0 fully saturated rings. The number of aryl methyl sites for hydroxylation is 1. The van der Waals surface area contributed by atoms with E-state index in [9.17, 15) is 18.0 Å². The van der Waals surface area contributed by atoms with Crippen molar-refractivity contribution in [1.82, 2.24) is 10.2 Å². The first kappa shape index (κ1) is 26.3. The van der Waals surface area contributed by atoms with Gasteiger partial charge in [0.2, 0.25) is 21.8 Å². The maximum atomic E-state index is 13.4. The van der Waals surface area contributed by atoms with Crippen molar-refractivity contribution in [3.8, 4) is 0 Å². The molecule has 0 saturated heterocycles. The molecule has 0 bridgehead atoms. The molecule has 0 saturated carbocycles. The molecule has 1 atom stereocenters. The van der Waals surface area contributed by atoms with Gasteiger partial charge in [-0.05, 0) is 43.7 Å². The Labute approximate surface area is 203 Å². The summed E-state index contributed by atoms with van der Waals surface area (Å²) in [4.78, 5) is 27.0. The second kappa shape index (κ2) is 10.7. The molecule has 32 heavy (non-hydrogen) atoms. The molecule has 1 N–H and O–H groups in total. The molecule has 0 spiro atoms. The third-order valence-corrected chi connectivity index (χ3v) is 6.99. The van der Waals surface area contributed by atoms with Gasteiger partial charge >= 0.3 is 0 Å². The van der Waals surface area contributed by atoms with Crippen LogP contribution in [0.5, 0.6) is 0 Å². The number of nitrogens with zero attached hydrogens (tertiary/aromatic N) is 2. The fourth-order valence-electron chi connectivity index (χ4n) is 3.09. The van der Waals surface area contributed by atoms with Gasteiger partial charge in [0, 0.05) is 34.2 Å². The highest BCUT2D eigenvalue weighted by Crippen LogP contribution is 2.29. The van der Waals surface area contributed by atoms with E-state index in [0.29, 0.717) is 26.2 Å². The molecule has 0 aromatic heterocycles. The lowest BCUT2D eigenvalue weighted by molar-refractivity contribution is -0.139. The number of likely N-dealkylation sites (N-methyl/N-ethyl adjacent to an activating group) is 1. The number of benzene rings is 2. The van der Waals surface area contributed by atoms with E-state index in [0.717, 1.165) is 10.6 Å². The summed E-state index contributed by atoms with van der Waals surface area (Å²) in [5.41, 5.74) is 1.34. The largest absolute Gasteiger partial charge is 0.357 e. The Kier molecular flexibility index (Phi) is 8.82. The van der Waals surface area contributed by atoms with Crippen molar-refractivity contribution >= 4 is 62.3 Å². The standard InChI is InChI=1S/C21H24Cl3N3O4S/c1-13-8-9-15(22)10-19(13)27(32(4,30)31)12-20(28)26(14(2)21(29)25-3)11-16-17(23)6-5-7-18(16)24/h5-10,14H,11-12H2,1-4H3,(H,25,29). The summed E-state index contributed by atoms with van der Waals surface area (Å²) in [6.07, 6.45) is 0.998. The Morgan fingerprint density at radius 3 is 2.22 bits per heavy atom. The van der Waals surface area contributed by atoms with Crippen molar-refractivity contribution in [3.05, 3.63) is 62.6 Å². The second-order valence-corrected chi connectivity index (χ2v) is 10.4. The molecule has 2 aromatic carbocycles. The molecule has 2 aromatic rings. The first-order chi connectivity index (χ1) is 14.9. The Bertz CT molecular complexity index is 1110. The van der Waals surface area contributed by atoms with E-state index < -0.39 is 34.4 Å². The summed E-state index contributed by atoms with van der Waals surface area (Å²) in [7, 11) is -2.41. The van der Waals surface area contributed by atoms with Crippen molar-refractivity contribution < 1.29 is 18.0 Å². The van der Waals surface area contributed by atoms with Crippen molar-refractivity contribution in [3.63, 3.8) is 0 Å². The van der Waals surface area contributed by atoms with Crippen LogP contribution in [0.25, 0.3) is 0 Å². The normalized spacial score (nSPS) is 12.2. The maximum Gasteiger partial charge on any atom is 0.244 e. The van der Waals surface area contributed by atoms with Gasteiger partial charge in [-0.15, -0.1) is 0 Å². The van der Waals surface area contributed by atoms with Gasteiger partial charge in [-0.2, -0.15) is 0 Å². The van der Waals surface area contributed by atoms with E-state index >= 15 is 0 Å². The van der Waals surface area contributed by atoms with Crippen molar-refractivity contribution in [1.29, 1.82) is 0 Å². The molecule has 0 aliphatic carbocycles. The maximum absolute atomic E-state index is 13.4. The first-order valence-electron chi connectivity index (χ1n) is 9.54. The molecule has 0 heterocycles. The minimum Gasteiger partial charge on any atom is -0.357 e. The van der Waals surface area contributed by atoms with Crippen LogP contribution in [0.2, 0.25) is 15.1 Å². The summed E-state index contributed by atoms with van der Waals surface area (Å²) in [6, 6.07) is 8.75. The Balaban J connectivity index is 2.49. The summed E-state index contributed by atoms with van der Waals surface area (Å²) in [5.74, 6) is -1.03. The number of carbonyl (C=O) groups excluding carboxylic acids is 2. The van der Waals surface area contributed by atoms with Crippen LogP contribution in [0, 0.1) is 6.92 Å². The highest BCUT2D eigenvalue weighted by Gasteiger charge is 2.31. The Morgan fingerprint density at radius 2 is 1.69 bits per heavy atom. The SMILES string of the molecule is CNC(=O)C(C)N(Cc1c(Cl)cccc1Cl)C(=O)CN(c1cc(Cl)ccc1C)S(C)(=O)=O. The molecule has 0 aliphatic rings. The van der Waals surface area contributed by atoms with Gasteiger partial charge in [-0.25, -0.2) is 8.42 Å². The van der Waals surface area contributed by atoms with E-state index in [2.05, 4.69) is 5.32 Å². The van der Waals surface area contributed by atoms with Crippen molar-refractivity contribution in [2.45, 2.75) is 26.4 Å².